The van der Waals surface area contributed by atoms with Crippen LogP contribution in [0.3, 0.4) is 0 Å². The molecule has 1 amide bonds. The van der Waals surface area contributed by atoms with E-state index >= 15 is 0 Å². The van der Waals surface area contributed by atoms with Gasteiger partial charge in [0.2, 0.25) is 5.91 Å². The molecule has 2 heterocycles. The number of nitrogens with two attached hydrogens (primary N) is 1. The Labute approximate surface area is 108 Å². The summed E-state index contributed by atoms with van der Waals surface area (Å²) < 4.78 is 0. The van der Waals surface area contributed by atoms with Crippen molar-refractivity contribution in [3.8, 4) is 0 Å². The number of pyridine rings is 1. The van der Waals surface area contributed by atoms with Gasteiger partial charge in [0, 0.05) is 32.0 Å². The fraction of sp³-hybridized carbons (Fsp3) is 0.538. The van der Waals surface area contributed by atoms with Crippen molar-refractivity contribution in [3.63, 3.8) is 0 Å². The van der Waals surface area contributed by atoms with E-state index in [0.717, 1.165) is 25.1 Å². The van der Waals surface area contributed by atoms with Crippen molar-refractivity contribution in [2.75, 3.05) is 26.7 Å². The summed E-state index contributed by atoms with van der Waals surface area (Å²) in [5.41, 5.74) is 6.70. The third kappa shape index (κ3) is 2.86. The lowest BCUT2D eigenvalue weighted by molar-refractivity contribution is -0.141. The van der Waals surface area contributed by atoms with Crippen molar-refractivity contribution in [3.05, 3.63) is 30.1 Å². The maximum atomic E-state index is 12.3. The molecular weight excluding hydrogens is 228 g/mol. The van der Waals surface area contributed by atoms with Gasteiger partial charge in [-0.15, -0.1) is 0 Å². The molecule has 18 heavy (non-hydrogen) atoms. The van der Waals surface area contributed by atoms with E-state index in [1.54, 1.807) is 12.4 Å². The van der Waals surface area contributed by atoms with Crippen molar-refractivity contribution in [2.45, 2.75) is 19.0 Å². The van der Waals surface area contributed by atoms with Crippen molar-refractivity contribution in [1.29, 1.82) is 0 Å². The first-order valence-electron chi connectivity index (χ1n) is 6.30. The second kappa shape index (κ2) is 5.93. The molecule has 0 aliphatic carbocycles. The van der Waals surface area contributed by atoms with Crippen LogP contribution in [0.25, 0.3) is 0 Å². The molecule has 98 valence electrons. The highest BCUT2D eigenvalue weighted by molar-refractivity contribution is 5.82. The van der Waals surface area contributed by atoms with Gasteiger partial charge < -0.3 is 10.6 Å². The molecule has 2 rings (SSSR count). The molecule has 2 N–H and O–H groups in total. The number of carbonyl (C=O) groups excluding carboxylic acids is 1. The minimum Gasteiger partial charge on any atom is -0.336 e. The quantitative estimate of drug-likeness (QED) is 0.819. The fourth-order valence-electron chi connectivity index (χ4n) is 2.31. The van der Waals surface area contributed by atoms with Crippen LogP contribution in [0.4, 0.5) is 0 Å². The molecule has 0 radical (unpaired) electrons. The van der Waals surface area contributed by atoms with Crippen LogP contribution >= 0.6 is 0 Å². The normalized spacial score (nSPS) is 21.3. The van der Waals surface area contributed by atoms with Gasteiger partial charge in [-0.25, -0.2) is 0 Å². The number of hydrogen-bond acceptors (Lipinski definition) is 4. The summed E-state index contributed by atoms with van der Waals surface area (Å²) in [5.74, 6) is 0.186. The van der Waals surface area contributed by atoms with Gasteiger partial charge in [0.1, 0.15) is 0 Å². The van der Waals surface area contributed by atoms with Gasteiger partial charge in [-0.3, -0.25) is 14.7 Å². The van der Waals surface area contributed by atoms with E-state index in [2.05, 4.69) is 9.88 Å². The predicted octanol–water partition coefficient (Wildman–Crippen LogP) is 0.0730. The number of likely N-dealkylation sites (N-methyl/N-ethyl adjacent to an activating group) is 1. The van der Waals surface area contributed by atoms with Crippen molar-refractivity contribution in [1.82, 2.24) is 14.8 Å². The average Bonchev–Trinajstić information content (AvgIpc) is 2.39. The van der Waals surface area contributed by atoms with E-state index in [-0.39, 0.29) is 11.9 Å². The number of amides is 1. The van der Waals surface area contributed by atoms with E-state index in [1.165, 1.54) is 0 Å². The van der Waals surface area contributed by atoms with Crippen LogP contribution in [0.1, 0.15) is 12.0 Å². The highest BCUT2D eigenvalue weighted by Crippen LogP contribution is 2.15. The van der Waals surface area contributed by atoms with E-state index in [9.17, 15) is 4.79 Å². The molecule has 0 spiro atoms. The molecule has 5 heteroatoms. The van der Waals surface area contributed by atoms with Gasteiger partial charge in [0.05, 0.1) is 6.04 Å². The van der Waals surface area contributed by atoms with Crippen LogP contribution in [0.2, 0.25) is 0 Å². The summed E-state index contributed by atoms with van der Waals surface area (Å²) in [5, 5.41) is 0. The standard InChI is InChI=1S/C13H20N4O/c1-16-8-9-17(13(18)12(16)2-5-14)10-11-3-6-15-7-4-11/h3-4,6-7,12H,2,5,8-10,14H2,1H3. The zero-order valence-corrected chi connectivity index (χ0v) is 10.7. The third-order valence-corrected chi connectivity index (χ3v) is 3.41. The lowest BCUT2D eigenvalue weighted by Gasteiger charge is -2.38. The Bertz CT molecular complexity index is 395. The molecular formula is C13H20N4O. The van der Waals surface area contributed by atoms with Crippen LogP contribution in [0.5, 0.6) is 0 Å². The zero-order chi connectivity index (χ0) is 13.0. The van der Waals surface area contributed by atoms with Gasteiger partial charge in [0.15, 0.2) is 0 Å². The van der Waals surface area contributed by atoms with Crippen molar-refractivity contribution >= 4 is 5.91 Å². The minimum atomic E-state index is -0.0643. The van der Waals surface area contributed by atoms with Crippen LogP contribution in [0.15, 0.2) is 24.5 Å². The molecule has 1 saturated heterocycles. The van der Waals surface area contributed by atoms with Gasteiger partial charge in [-0.2, -0.15) is 0 Å². The fourth-order valence-corrected chi connectivity index (χ4v) is 2.31. The lowest BCUT2D eigenvalue weighted by atomic mass is 10.1. The molecule has 5 nitrogen and oxygen atoms in total. The Hall–Kier alpha value is -1.46. The molecule has 1 unspecified atom stereocenters. The van der Waals surface area contributed by atoms with Crippen LogP contribution in [-0.2, 0) is 11.3 Å². The number of rotatable bonds is 4. The van der Waals surface area contributed by atoms with Gasteiger partial charge in [0.25, 0.3) is 0 Å². The second-order valence-corrected chi connectivity index (χ2v) is 4.69. The van der Waals surface area contributed by atoms with E-state index in [1.807, 2.05) is 24.1 Å². The minimum absolute atomic E-state index is 0.0643. The average molecular weight is 248 g/mol. The van der Waals surface area contributed by atoms with Crippen LogP contribution < -0.4 is 5.73 Å². The number of aromatic nitrogens is 1. The summed E-state index contributed by atoms with van der Waals surface area (Å²) in [4.78, 5) is 20.3. The predicted molar refractivity (Wildman–Crippen MR) is 69.7 cm³/mol. The first-order chi connectivity index (χ1) is 8.72. The van der Waals surface area contributed by atoms with Crippen molar-refractivity contribution < 1.29 is 4.79 Å². The number of carbonyl (C=O) groups is 1. The Morgan fingerprint density at radius 1 is 1.39 bits per heavy atom. The van der Waals surface area contributed by atoms with Gasteiger partial charge >= 0.3 is 0 Å². The second-order valence-electron chi connectivity index (χ2n) is 4.69. The number of hydrogen-bond donors (Lipinski definition) is 1. The van der Waals surface area contributed by atoms with Crippen molar-refractivity contribution in [2.24, 2.45) is 5.73 Å². The molecule has 1 fully saturated rings. The molecule has 0 saturated carbocycles. The van der Waals surface area contributed by atoms with Gasteiger partial charge in [-0.05, 0) is 37.7 Å². The largest absolute Gasteiger partial charge is 0.336 e. The third-order valence-electron chi connectivity index (χ3n) is 3.41. The zero-order valence-electron chi connectivity index (χ0n) is 10.7. The van der Waals surface area contributed by atoms with Crippen LogP contribution in [-0.4, -0.2) is 53.4 Å². The maximum absolute atomic E-state index is 12.3. The summed E-state index contributed by atoms with van der Waals surface area (Å²) in [6.07, 6.45) is 4.24. The highest BCUT2D eigenvalue weighted by Gasteiger charge is 2.31. The molecule has 1 aliphatic rings. The SMILES string of the molecule is CN1CCN(Cc2ccncc2)C(=O)C1CCN. The summed E-state index contributed by atoms with van der Waals surface area (Å²) in [6, 6.07) is 3.83. The lowest BCUT2D eigenvalue weighted by Crippen LogP contribution is -2.55. The maximum Gasteiger partial charge on any atom is 0.240 e. The Balaban J connectivity index is 2.03. The molecule has 1 atom stereocenters. The summed E-state index contributed by atoms with van der Waals surface area (Å²) >= 11 is 0. The topological polar surface area (TPSA) is 62.5 Å². The summed E-state index contributed by atoms with van der Waals surface area (Å²) in [6.45, 7) is 2.89. The molecule has 1 aromatic rings. The van der Waals surface area contributed by atoms with Gasteiger partial charge in [-0.1, -0.05) is 0 Å². The van der Waals surface area contributed by atoms with E-state index in [4.69, 9.17) is 5.73 Å². The molecule has 0 aromatic carbocycles. The smallest absolute Gasteiger partial charge is 0.240 e. The monoisotopic (exact) mass is 248 g/mol. The summed E-state index contributed by atoms with van der Waals surface area (Å²) in [7, 11) is 1.99. The van der Waals surface area contributed by atoms with Crippen LogP contribution in [0, 0.1) is 0 Å². The van der Waals surface area contributed by atoms with E-state index < -0.39 is 0 Å². The Morgan fingerprint density at radius 3 is 2.78 bits per heavy atom. The highest BCUT2D eigenvalue weighted by atomic mass is 16.2. The van der Waals surface area contributed by atoms with E-state index in [0.29, 0.717) is 13.1 Å². The Kier molecular flexibility index (Phi) is 4.28. The first-order valence-corrected chi connectivity index (χ1v) is 6.30. The molecule has 1 aromatic heterocycles. The molecule has 0 bridgehead atoms. The Morgan fingerprint density at radius 2 is 2.11 bits per heavy atom. The number of piperazine rings is 1. The molecule has 1 aliphatic heterocycles. The first kappa shape index (κ1) is 13.0. The number of nitrogens with zero attached hydrogens (tertiary/aromatic N) is 3.